The number of halogens is 1. The van der Waals surface area contributed by atoms with Gasteiger partial charge in [-0.1, -0.05) is 0 Å². The number of nitrogens with two attached hydrogens (primary N) is 2. The third-order valence-electron chi connectivity index (χ3n) is 1.33. The van der Waals surface area contributed by atoms with E-state index in [1.807, 2.05) is 12.1 Å². The van der Waals surface area contributed by atoms with Crippen LogP contribution in [-0.2, 0) is 6.54 Å². The van der Waals surface area contributed by atoms with Gasteiger partial charge in [0, 0.05) is 12.4 Å². The molecule has 72 valence electrons. The molecule has 5 nitrogen and oxygen atoms in total. The van der Waals surface area contributed by atoms with E-state index in [0.717, 1.165) is 5.56 Å². The Morgan fingerprint density at radius 3 is 2.62 bits per heavy atom. The molecule has 0 spiro atoms. The van der Waals surface area contributed by atoms with E-state index in [9.17, 15) is 0 Å². The van der Waals surface area contributed by atoms with Crippen LogP contribution < -0.4 is 17.0 Å². The van der Waals surface area contributed by atoms with Crippen molar-refractivity contribution in [3.05, 3.63) is 30.1 Å². The predicted octanol–water partition coefficient (Wildman–Crippen LogP) is -0.0224. The number of nitrogens with one attached hydrogen (secondary N) is 1. The monoisotopic (exact) mass is 293 g/mol. The highest BCUT2D eigenvalue weighted by Crippen LogP contribution is 1.96. The molecule has 0 aliphatic heterocycles. The van der Waals surface area contributed by atoms with Crippen LogP contribution in [0.3, 0.4) is 0 Å². The van der Waals surface area contributed by atoms with E-state index < -0.39 is 0 Å². The van der Waals surface area contributed by atoms with Gasteiger partial charge in [-0.25, -0.2) is 10.8 Å². The Bertz CT molecular complexity index is 261. The average molecular weight is 293 g/mol. The van der Waals surface area contributed by atoms with Crippen molar-refractivity contribution in [3.63, 3.8) is 0 Å². The predicted molar refractivity (Wildman–Crippen MR) is 62.3 cm³/mol. The number of rotatable bonds is 2. The summed E-state index contributed by atoms with van der Waals surface area (Å²) in [6, 6.07) is 3.74. The molecule has 1 heterocycles. The smallest absolute Gasteiger partial charge is 0.203 e. The van der Waals surface area contributed by atoms with Crippen LogP contribution in [-0.4, -0.2) is 10.9 Å². The molecule has 1 aromatic rings. The van der Waals surface area contributed by atoms with E-state index in [1.54, 1.807) is 12.4 Å². The van der Waals surface area contributed by atoms with E-state index in [4.69, 9.17) is 11.6 Å². The number of hydrogen-bond donors (Lipinski definition) is 3. The number of hydrazine groups is 1. The number of aromatic nitrogens is 1. The van der Waals surface area contributed by atoms with Gasteiger partial charge in [0.15, 0.2) is 0 Å². The standard InChI is InChI=1S/C7H11N5.HI/c8-7(12-9)11-5-6-1-3-10-4-2-6;/h1-4H,5,9H2,(H3,8,11,12);1H. The largest absolute Gasteiger partial charge is 0.369 e. The van der Waals surface area contributed by atoms with Crippen molar-refractivity contribution in [1.82, 2.24) is 10.4 Å². The van der Waals surface area contributed by atoms with Crippen LogP contribution in [0.5, 0.6) is 0 Å². The molecule has 0 saturated heterocycles. The third kappa shape index (κ3) is 4.63. The topological polar surface area (TPSA) is 89.3 Å². The van der Waals surface area contributed by atoms with E-state index in [1.165, 1.54) is 0 Å². The van der Waals surface area contributed by atoms with Crippen molar-refractivity contribution in [2.24, 2.45) is 16.6 Å². The second-order valence-corrected chi connectivity index (χ2v) is 2.20. The summed E-state index contributed by atoms with van der Waals surface area (Å²) in [7, 11) is 0. The summed E-state index contributed by atoms with van der Waals surface area (Å²) < 4.78 is 0. The Labute approximate surface area is 93.6 Å². The lowest BCUT2D eigenvalue weighted by Gasteiger charge is -1.98. The highest BCUT2D eigenvalue weighted by Gasteiger charge is 1.89. The van der Waals surface area contributed by atoms with Gasteiger partial charge in [0.25, 0.3) is 0 Å². The molecule has 0 aliphatic rings. The van der Waals surface area contributed by atoms with Gasteiger partial charge in [0.05, 0.1) is 6.54 Å². The van der Waals surface area contributed by atoms with E-state index in [2.05, 4.69) is 15.4 Å². The molecule has 1 rings (SSSR count). The fraction of sp³-hybridized carbons (Fsp3) is 0.143. The summed E-state index contributed by atoms with van der Waals surface area (Å²) in [4.78, 5) is 7.82. The van der Waals surface area contributed by atoms with Gasteiger partial charge in [-0.15, -0.1) is 24.0 Å². The maximum absolute atomic E-state index is 5.32. The first kappa shape index (κ1) is 12.1. The normalized spacial score (nSPS) is 10.4. The molecule has 6 heteroatoms. The van der Waals surface area contributed by atoms with Crippen LogP contribution in [0.1, 0.15) is 5.56 Å². The SMILES string of the molecule is I.NNC(N)=NCc1ccncc1. The molecule has 0 radical (unpaired) electrons. The maximum atomic E-state index is 5.32. The van der Waals surface area contributed by atoms with E-state index in [-0.39, 0.29) is 29.9 Å². The summed E-state index contributed by atoms with van der Waals surface area (Å²) in [6.07, 6.45) is 3.41. The first-order chi connectivity index (χ1) is 5.83. The minimum absolute atomic E-state index is 0. The van der Waals surface area contributed by atoms with Crippen molar-refractivity contribution in [1.29, 1.82) is 0 Å². The van der Waals surface area contributed by atoms with Gasteiger partial charge >= 0.3 is 0 Å². The Balaban J connectivity index is 0.00000144. The maximum Gasteiger partial charge on any atom is 0.203 e. The molecule has 1 aromatic heterocycles. The highest BCUT2D eigenvalue weighted by molar-refractivity contribution is 14.0. The molecule has 0 aliphatic carbocycles. The lowest BCUT2D eigenvalue weighted by molar-refractivity contribution is 0.956. The van der Waals surface area contributed by atoms with Gasteiger partial charge in [0.1, 0.15) is 0 Å². The summed E-state index contributed by atoms with van der Waals surface area (Å²) in [5, 5.41) is 0. The van der Waals surface area contributed by atoms with Crippen LogP contribution in [0.2, 0.25) is 0 Å². The number of aliphatic imine (C=N–C) groups is 1. The molecule has 0 fully saturated rings. The zero-order valence-corrected chi connectivity index (χ0v) is 9.30. The number of pyridine rings is 1. The molecular formula is C7H12IN5. The molecule has 0 atom stereocenters. The van der Waals surface area contributed by atoms with Crippen molar-refractivity contribution in [2.45, 2.75) is 6.54 Å². The summed E-state index contributed by atoms with van der Waals surface area (Å²) >= 11 is 0. The number of guanidine groups is 1. The molecule has 0 amide bonds. The zero-order chi connectivity index (χ0) is 8.81. The molecule has 13 heavy (non-hydrogen) atoms. The van der Waals surface area contributed by atoms with Crippen molar-refractivity contribution < 1.29 is 0 Å². The van der Waals surface area contributed by atoms with Crippen LogP contribution in [0, 0.1) is 0 Å². The average Bonchev–Trinajstić information content (AvgIpc) is 2.16. The zero-order valence-electron chi connectivity index (χ0n) is 6.97. The van der Waals surface area contributed by atoms with Crippen LogP contribution in [0.25, 0.3) is 0 Å². The van der Waals surface area contributed by atoms with Gasteiger partial charge in [-0.2, -0.15) is 0 Å². The number of nitrogens with zero attached hydrogens (tertiary/aromatic N) is 2. The van der Waals surface area contributed by atoms with Crippen LogP contribution >= 0.6 is 24.0 Å². The van der Waals surface area contributed by atoms with Gasteiger partial charge < -0.3 is 5.73 Å². The van der Waals surface area contributed by atoms with Crippen molar-refractivity contribution >= 4 is 29.9 Å². The van der Waals surface area contributed by atoms with Crippen molar-refractivity contribution in [2.75, 3.05) is 0 Å². The minimum Gasteiger partial charge on any atom is -0.369 e. The third-order valence-corrected chi connectivity index (χ3v) is 1.33. The molecule has 5 N–H and O–H groups in total. The fourth-order valence-electron chi connectivity index (χ4n) is 0.710. The molecule has 0 bridgehead atoms. The Morgan fingerprint density at radius 1 is 1.46 bits per heavy atom. The van der Waals surface area contributed by atoms with Gasteiger partial charge in [-0.3, -0.25) is 10.4 Å². The Hall–Kier alpha value is -0.890. The van der Waals surface area contributed by atoms with Gasteiger partial charge in [0.2, 0.25) is 5.96 Å². The second kappa shape index (κ2) is 6.61. The van der Waals surface area contributed by atoms with E-state index >= 15 is 0 Å². The van der Waals surface area contributed by atoms with Crippen LogP contribution in [0.4, 0.5) is 0 Å². The summed E-state index contributed by atoms with van der Waals surface area (Å²) in [5.41, 5.74) is 8.61. The second-order valence-electron chi connectivity index (χ2n) is 2.20. The lowest BCUT2D eigenvalue weighted by Crippen LogP contribution is -2.37. The van der Waals surface area contributed by atoms with E-state index in [0.29, 0.717) is 6.54 Å². The fourth-order valence-corrected chi connectivity index (χ4v) is 0.710. The Morgan fingerprint density at radius 2 is 2.08 bits per heavy atom. The summed E-state index contributed by atoms with van der Waals surface area (Å²) in [5.74, 6) is 5.25. The quantitative estimate of drug-likeness (QED) is 0.235. The minimum atomic E-state index is 0. The summed E-state index contributed by atoms with van der Waals surface area (Å²) in [6.45, 7) is 0.512. The first-order valence-electron chi connectivity index (χ1n) is 3.48. The molecule has 0 aromatic carbocycles. The Kier molecular flexibility index (Phi) is 6.15. The first-order valence-corrected chi connectivity index (χ1v) is 3.48. The number of hydrogen-bond acceptors (Lipinski definition) is 3. The molecule has 0 saturated carbocycles. The van der Waals surface area contributed by atoms with Crippen LogP contribution in [0.15, 0.2) is 29.5 Å². The lowest BCUT2D eigenvalue weighted by atomic mass is 10.3. The highest BCUT2D eigenvalue weighted by atomic mass is 127. The molecule has 0 unspecified atom stereocenters. The molecular weight excluding hydrogens is 281 g/mol. The van der Waals surface area contributed by atoms with Crippen molar-refractivity contribution in [3.8, 4) is 0 Å². The van der Waals surface area contributed by atoms with Gasteiger partial charge in [-0.05, 0) is 17.7 Å².